The summed E-state index contributed by atoms with van der Waals surface area (Å²) in [5.74, 6) is -2.00. The Hall–Kier alpha value is -4.62. The maximum Gasteiger partial charge on any atom is 0.373 e. The molecule has 2 saturated heterocycles. The number of aliphatic hydroxyl groups is 1. The molecule has 15 nitrogen and oxygen atoms in total. The second kappa shape index (κ2) is 22.6. The van der Waals surface area contributed by atoms with Crippen molar-refractivity contribution in [1.29, 1.82) is 0 Å². The quantitative estimate of drug-likeness (QED) is 0.177. The number of rotatable bonds is 15. The maximum atomic E-state index is 14.2. The summed E-state index contributed by atoms with van der Waals surface area (Å²) >= 11 is 0. The van der Waals surface area contributed by atoms with Gasteiger partial charge in [0.25, 0.3) is 0 Å². The zero-order valence-corrected chi connectivity index (χ0v) is 31.8. The first-order valence-corrected chi connectivity index (χ1v) is 19.4. The average molecular weight is 755 g/mol. The minimum atomic E-state index is -1.17. The van der Waals surface area contributed by atoms with Crippen LogP contribution in [0.4, 0.5) is 0 Å². The summed E-state index contributed by atoms with van der Waals surface area (Å²) in [4.78, 5) is 99.9. The van der Waals surface area contributed by atoms with Crippen LogP contribution in [0.5, 0.6) is 0 Å². The number of nitrogens with zero attached hydrogens (tertiary/aromatic N) is 2. The van der Waals surface area contributed by atoms with E-state index in [4.69, 9.17) is 9.59 Å². The van der Waals surface area contributed by atoms with E-state index in [1.54, 1.807) is 19.1 Å². The van der Waals surface area contributed by atoms with Crippen molar-refractivity contribution in [3.63, 3.8) is 0 Å². The van der Waals surface area contributed by atoms with E-state index in [-0.39, 0.29) is 18.0 Å². The smallest absolute Gasteiger partial charge is 0.373 e. The molecule has 0 bridgehead atoms. The number of amides is 6. The van der Waals surface area contributed by atoms with Crippen molar-refractivity contribution < 1.29 is 43.5 Å². The second-order valence-corrected chi connectivity index (χ2v) is 14.5. The molecule has 1 saturated carbocycles. The summed E-state index contributed by atoms with van der Waals surface area (Å²) in [7, 11) is 0. The van der Waals surface area contributed by atoms with Crippen LogP contribution in [0.2, 0.25) is 0 Å². The molecule has 15 heteroatoms. The number of carbonyl (C=O) groups is 6. The molecule has 0 aromatic heterocycles. The fraction of sp³-hybridized carbons (Fsp3) is 0.667. The Balaban J connectivity index is 0.00000253. The first-order valence-electron chi connectivity index (χ1n) is 19.4. The van der Waals surface area contributed by atoms with Crippen LogP contribution < -0.4 is 21.3 Å². The Morgan fingerprint density at radius 1 is 0.778 bits per heavy atom. The Kier molecular flexibility index (Phi) is 18.3. The third-order valence-corrected chi connectivity index (χ3v) is 10.5. The highest BCUT2D eigenvalue weighted by Gasteiger charge is 2.41. The van der Waals surface area contributed by atoms with Gasteiger partial charge in [-0.2, -0.15) is 9.59 Å². The summed E-state index contributed by atoms with van der Waals surface area (Å²) in [6.07, 6.45) is 9.58. The van der Waals surface area contributed by atoms with Gasteiger partial charge < -0.3 is 36.2 Å². The summed E-state index contributed by atoms with van der Waals surface area (Å²) in [6.45, 7) is 5.90. The Morgan fingerprint density at radius 2 is 1.35 bits per heavy atom. The van der Waals surface area contributed by atoms with Crippen LogP contribution in [0.1, 0.15) is 116 Å². The third-order valence-electron chi connectivity index (χ3n) is 10.5. The van der Waals surface area contributed by atoms with E-state index >= 15 is 0 Å². The second-order valence-electron chi connectivity index (χ2n) is 14.5. The van der Waals surface area contributed by atoms with E-state index in [0.29, 0.717) is 69.6 Å². The molecule has 6 amide bonds. The first-order chi connectivity index (χ1) is 25.9. The van der Waals surface area contributed by atoms with Gasteiger partial charge in [-0.25, -0.2) is 0 Å². The average Bonchev–Trinajstić information content (AvgIpc) is 3.68. The van der Waals surface area contributed by atoms with Crippen molar-refractivity contribution >= 4 is 41.6 Å². The Bertz CT molecular complexity index is 1440. The normalized spacial score (nSPS) is 20.8. The summed E-state index contributed by atoms with van der Waals surface area (Å²) in [6, 6.07) is 4.26. The number of piperidine rings is 1. The van der Waals surface area contributed by atoms with E-state index in [0.717, 1.165) is 25.7 Å². The third kappa shape index (κ3) is 12.8. The predicted molar refractivity (Wildman–Crippen MR) is 197 cm³/mol. The lowest BCUT2D eigenvalue weighted by Crippen LogP contribution is -2.60. The molecule has 2 heterocycles. The molecule has 0 radical (unpaired) electrons. The molecule has 3 fully saturated rings. The molecule has 3 aliphatic rings. The van der Waals surface area contributed by atoms with Gasteiger partial charge >= 0.3 is 6.15 Å². The minimum Gasteiger partial charge on any atom is -0.391 e. The van der Waals surface area contributed by atoms with E-state index < -0.39 is 59.9 Å². The van der Waals surface area contributed by atoms with Crippen molar-refractivity contribution in [2.45, 2.75) is 141 Å². The van der Waals surface area contributed by atoms with Gasteiger partial charge in [-0.3, -0.25) is 28.8 Å². The van der Waals surface area contributed by atoms with Crippen LogP contribution in [0.15, 0.2) is 30.3 Å². The molecule has 1 aromatic carbocycles. The zero-order chi connectivity index (χ0) is 39.6. The highest BCUT2D eigenvalue weighted by atomic mass is 16.3. The van der Waals surface area contributed by atoms with Gasteiger partial charge in [0.05, 0.1) is 6.10 Å². The van der Waals surface area contributed by atoms with Crippen LogP contribution in [0, 0.1) is 5.92 Å². The highest BCUT2D eigenvalue weighted by molar-refractivity contribution is 5.97. The van der Waals surface area contributed by atoms with Crippen molar-refractivity contribution in [2.75, 3.05) is 19.6 Å². The number of hydrogen-bond donors (Lipinski definition) is 5. The lowest BCUT2D eigenvalue weighted by molar-refractivity contribution is -0.191. The SMILES string of the molecule is CCCNC(=O)[C@@H](NC(=O)[C@@H]1CCCN1C(=O)[C@H](C)NC(=O)[C@@H]1CCCCN1C(=O)[C@@H](NC(=O)CCC1CCCCC1)c1ccccc1)[C@@H](C)O.O=C=O. The van der Waals surface area contributed by atoms with Gasteiger partial charge in [0, 0.05) is 26.1 Å². The molecular weight excluding hydrogens is 696 g/mol. The van der Waals surface area contributed by atoms with Gasteiger partial charge in [-0.15, -0.1) is 0 Å². The molecule has 1 aromatic rings. The van der Waals surface area contributed by atoms with Crippen LogP contribution in [-0.2, 0) is 38.4 Å². The largest absolute Gasteiger partial charge is 0.391 e. The topological polar surface area (TPSA) is 211 Å². The van der Waals surface area contributed by atoms with Crippen molar-refractivity contribution in [3.8, 4) is 0 Å². The van der Waals surface area contributed by atoms with Gasteiger partial charge in [0.2, 0.25) is 35.4 Å². The summed E-state index contributed by atoms with van der Waals surface area (Å²) in [5.41, 5.74) is 0.640. The van der Waals surface area contributed by atoms with E-state index in [9.17, 15) is 33.9 Å². The number of likely N-dealkylation sites (tertiary alicyclic amines) is 2. The molecule has 5 N–H and O–H groups in total. The first kappa shape index (κ1) is 43.8. The molecule has 0 spiro atoms. The molecule has 1 aliphatic carbocycles. The Morgan fingerprint density at radius 3 is 1.98 bits per heavy atom. The van der Waals surface area contributed by atoms with E-state index in [1.807, 2.05) is 25.1 Å². The van der Waals surface area contributed by atoms with Crippen LogP contribution >= 0.6 is 0 Å². The lowest BCUT2D eigenvalue weighted by Gasteiger charge is -2.38. The summed E-state index contributed by atoms with van der Waals surface area (Å²) in [5, 5.41) is 21.2. The van der Waals surface area contributed by atoms with Crippen LogP contribution in [-0.4, -0.2) is 106 Å². The number of benzene rings is 1. The Labute approximate surface area is 317 Å². The van der Waals surface area contributed by atoms with Gasteiger partial charge in [0.15, 0.2) is 0 Å². The van der Waals surface area contributed by atoms with Gasteiger partial charge in [-0.05, 0) is 70.3 Å². The molecule has 6 atom stereocenters. The van der Waals surface area contributed by atoms with E-state index in [1.165, 1.54) is 36.0 Å². The fourth-order valence-electron chi connectivity index (χ4n) is 7.55. The van der Waals surface area contributed by atoms with Crippen molar-refractivity contribution in [3.05, 3.63) is 35.9 Å². The molecular formula is C39H58N6O9. The summed E-state index contributed by atoms with van der Waals surface area (Å²) < 4.78 is 0. The number of carbonyl (C=O) groups excluding carboxylic acids is 8. The number of aliphatic hydroxyl groups excluding tert-OH is 1. The predicted octanol–water partition coefficient (Wildman–Crippen LogP) is 1.89. The van der Waals surface area contributed by atoms with Gasteiger partial charge in [-0.1, -0.05) is 69.4 Å². The zero-order valence-electron chi connectivity index (χ0n) is 31.8. The fourth-order valence-corrected chi connectivity index (χ4v) is 7.55. The molecule has 2 aliphatic heterocycles. The van der Waals surface area contributed by atoms with Crippen molar-refractivity contribution in [1.82, 2.24) is 31.1 Å². The van der Waals surface area contributed by atoms with Crippen LogP contribution in [0.3, 0.4) is 0 Å². The molecule has 298 valence electrons. The number of hydrogen-bond acceptors (Lipinski definition) is 9. The minimum absolute atomic E-state index is 0.189. The van der Waals surface area contributed by atoms with Crippen LogP contribution in [0.25, 0.3) is 0 Å². The maximum absolute atomic E-state index is 14.2. The van der Waals surface area contributed by atoms with E-state index in [2.05, 4.69) is 21.3 Å². The van der Waals surface area contributed by atoms with Gasteiger partial charge in [0.1, 0.15) is 30.2 Å². The number of nitrogens with one attached hydrogen (secondary N) is 4. The lowest BCUT2D eigenvalue weighted by atomic mass is 9.86. The standard InChI is InChI=1S/C38H58N6O7.CO2/c1-4-22-39-36(49)32(26(3)45)42-35(48)30-19-13-24-43(30)37(50)25(2)40-34(47)29-18-11-12-23-44(29)38(51)33(28-16-9-6-10-17-28)41-31(46)21-20-27-14-7-5-8-15-27;2-1-3/h6,9-10,16-17,25-27,29-30,32-33,45H,4-5,7-8,11-15,18-24H2,1-3H3,(H,39,49)(H,40,47)(H,41,46)(H,42,48);/t25-,26+,29-,30-,32-,33-;/m0./s1. The van der Waals surface area contributed by atoms with Crippen molar-refractivity contribution in [2.24, 2.45) is 5.92 Å². The molecule has 4 rings (SSSR count). The molecule has 0 unspecified atom stereocenters. The molecule has 54 heavy (non-hydrogen) atoms. The monoisotopic (exact) mass is 754 g/mol. The highest BCUT2D eigenvalue weighted by Crippen LogP contribution is 2.28.